The molecular weight excluding hydrogens is 600 g/mol. The Hall–Kier alpha value is -1.22. The lowest BCUT2D eigenvalue weighted by Gasteiger charge is -2.35. The zero-order chi connectivity index (χ0) is 35.1. The van der Waals surface area contributed by atoms with Gasteiger partial charge in [0.15, 0.2) is 0 Å². The van der Waals surface area contributed by atoms with Crippen LogP contribution in [0, 0.1) is 11.8 Å². The lowest BCUT2D eigenvalue weighted by Crippen LogP contribution is -2.49. The standard InChI is InChI=1S/C40H80N4O4/c1-5-9-13-15-23-37(21-11-7-3)39(45)47-35-19-17-26-42(29-32-44-33-30-43(28-25-41)31-34-44)27-18-20-36-48-40(46)38(22-12-8-4)24-16-14-10-6-2/h37-38H,5-36,41H2,1-4H3. The number of nitrogens with zero attached hydrogens (tertiary/aromatic N) is 3. The van der Waals surface area contributed by atoms with E-state index in [-0.39, 0.29) is 23.8 Å². The number of rotatable bonds is 33. The van der Waals surface area contributed by atoms with Gasteiger partial charge in [-0.3, -0.25) is 19.4 Å². The molecule has 284 valence electrons. The van der Waals surface area contributed by atoms with Crippen LogP contribution in [-0.2, 0) is 19.1 Å². The fourth-order valence-electron chi connectivity index (χ4n) is 6.79. The Kier molecular flexibility index (Phi) is 29.6. The maximum Gasteiger partial charge on any atom is 0.308 e. The maximum absolute atomic E-state index is 12.9. The smallest absolute Gasteiger partial charge is 0.308 e. The first kappa shape index (κ1) is 44.8. The molecule has 1 aliphatic rings. The summed E-state index contributed by atoms with van der Waals surface area (Å²) >= 11 is 0. The molecule has 0 aliphatic carbocycles. The summed E-state index contributed by atoms with van der Waals surface area (Å²) in [5, 5.41) is 0. The molecule has 1 aliphatic heterocycles. The van der Waals surface area contributed by atoms with E-state index in [9.17, 15) is 9.59 Å². The summed E-state index contributed by atoms with van der Waals surface area (Å²) in [6.07, 6.45) is 21.8. The number of unbranched alkanes of at least 4 members (excludes halogenated alkanes) is 10. The zero-order valence-corrected chi connectivity index (χ0v) is 32.3. The molecule has 0 spiro atoms. The molecule has 8 heteroatoms. The Morgan fingerprint density at radius 1 is 0.542 bits per heavy atom. The molecule has 48 heavy (non-hydrogen) atoms. The molecule has 0 radical (unpaired) electrons. The molecule has 0 aromatic carbocycles. The monoisotopic (exact) mass is 681 g/mol. The Balaban J connectivity index is 2.51. The average Bonchev–Trinajstić information content (AvgIpc) is 3.09. The van der Waals surface area contributed by atoms with Crippen molar-refractivity contribution in [3.8, 4) is 0 Å². The highest BCUT2D eigenvalue weighted by molar-refractivity contribution is 5.72. The van der Waals surface area contributed by atoms with Gasteiger partial charge >= 0.3 is 11.9 Å². The molecule has 0 bridgehead atoms. The van der Waals surface area contributed by atoms with Crippen LogP contribution in [0.5, 0.6) is 0 Å². The highest BCUT2D eigenvalue weighted by Gasteiger charge is 2.21. The summed E-state index contributed by atoms with van der Waals surface area (Å²) in [7, 11) is 0. The molecule has 0 aromatic rings. The number of nitrogens with two attached hydrogens (primary N) is 1. The maximum atomic E-state index is 12.9. The molecule has 1 fully saturated rings. The first-order valence-corrected chi connectivity index (χ1v) is 20.7. The van der Waals surface area contributed by atoms with E-state index in [4.69, 9.17) is 15.2 Å². The van der Waals surface area contributed by atoms with Gasteiger partial charge in [0.25, 0.3) is 0 Å². The van der Waals surface area contributed by atoms with E-state index in [0.717, 1.165) is 155 Å². The van der Waals surface area contributed by atoms with Crippen LogP contribution in [0.1, 0.15) is 156 Å². The van der Waals surface area contributed by atoms with Gasteiger partial charge in [0.2, 0.25) is 0 Å². The number of carbonyl (C=O) groups is 2. The predicted octanol–water partition coefficient (Wildman–Crippen LogP) is 8.07. The van der Waals surface area contributed by atoms with E-state index >= 15 is 0 Å². The molecule has 2 N–H and O–H groups in total. The van der Waals surface area contributed by atoms with Crippen LogP contribution in [-0.4, -0.2) is 105 Å². The summed E-state index contributed by atoms with van der Waals surface area (Å²) in [6.45, 7) is 20.2. The third-order valence-corrected chi connectivity index (χ3v) is 10.2. The SMILES string of the molecule is CCCCCCC(CCCC)C(=O)OCCCCN(CCCCOC(=O)C(CCCC)CCCCCC)CCN1CCN(CCN)CC1. The van der Waals surface area contributed by atoms with Crippen LogP contribution >= 0.6 is 0 Å². The van der Waals surface area contributed by atoms with Crippen molar-refractivity contribution in [2.45, 2.75) is 156 Å². The van der Waals surface area contributed by atoms with Gasteiger partial charge in [0.1, 0.15) is 0 Å². The third kappa shape index (κ3) is 23.2. The third-order valence-electron chi connectivity index (χ3n) is 10.2. The number of hydrogen-bond acceptors (Lipinski definition) is 8. The molecule has 1 saturated heterocycles. The molecule has 0 aromatic heterocycles. The van der Waals surface area contributed by atoms with Crippen LogP contribution < -0.4 is 5.73 Å². The van der Waals surface area contributed by atoms with Crippen molar-refractivity contribution in [2.24, 2.45) is 17.6 Å². The predicted molar refractivity (Wildman–Crippen MR) is 202 cm³/mol. The van der Waals surface area contributed by atoms with E-state index in [0.29, 0.717) is 13.2 Å². The van der Waals surface area contributed by atoms with Crippen LogP contribution in [0.3, 0.4) is 0 Å². The van der Waals surface area contributed by atoms with Gasteiger partial charge in [-0.1, -0.05) is 105 Å². The van der Waals surface area contributed by atoms with Gasteiger partial charge in [0, 0.05) is 52.4 Å². The first-order valence-electron chi connectivity index (χ1n) is 20.7. The summed E-state index contributed by atoms with van der Waals surface area (Å²) in [5.74, 6) is 0.192. The summed E-state index contributed by atoms with van der Waals surface area (Å²) < 4.78 is 11.6. The zero-order valence-electron chi connectivity index (χ0n) is 32.3. The molecular formula is C40H80N4O4. The molecule has 1 heterocycles. The van der Waals surface area contributed by atoms with Gasteiger partial charge in [-0.05, 0) is 64.5 Å². The van der Waals surface area contributed by atoms with Crippen LogP contribution in [0.15, 0.2) is 0 Å². The van der Waals surface area contributed by atoms with Gasteiger partial charge in [-0.15, -0.1) is 0 Å². The van der Waals surface area contributed by atoms with Gasteiger partial charge < -0.3 is 20.1 Å². The molecule has 2 atom stereocenters. The number of carbonyl (C=O) groups excluding carboxylic acids is 2. The highest BCUT2D eigenvalue weighted by Crippen LogP contribution is 2.20. The summed E-state index contributed by atoms with van der Waals surface area (Å²) in [4.78, 5) is 33.4. The molecule has 0 saturated carbocycles. The van der Waals surface area contributed by atoms with E-state index in [1.807, 2.05) is 0 Å². The van der Waals surface area contributed by atoms with Crippen LogP contribution in [0.4, 0.5) is 0 Å². The highest BCUT2D eigenvalue weighted by atomic mass is 16.5. The van der Waals surface area contributed by atoms with E-state index in [2.05, 4.69) is 42.4 Å². The van der Waals surface area contributed by atoms with Crippen molar-refractivity contribution < 1.29 is 19.1 Å². The van der Waals surface area contributed by atoms with E-state index in [1.54, 1.807) is 0 Å². The fraction of sp³-hybridized carbons (Fsp3) is 0.950. The van der Waals surface area contributed by atoms with Crippen LogP contribution in [0.2, 0.25) is 0 Å². The number of ether oxygens (including phenoxy) is 2. The summed E-state index contributed by atoms with van der Waals surface area (Å²) in [6, 6.07) is 0. The Bertz CT molecular complexity index is 701. The van der Waals surface area contributed by atoms with E-state index in [1.165, 1.54) is 38.5 Å². The Morgan fingerprint density at radius 2 is 0.958 bits per heavy atom. The second-order valence-corrected chi connectivity index (χ2v) is 14.4. The van der Waals surface area contributed by atoms with Crippen molar-refractivity contribution in [3.05, 3.63) is 0 Å². The number of piperazine rings is 1. The normalized spacial score (nSPS) is 15.5. The van der Waals surface area contributed by atoms with E-state index < -0.39 is 0 Å². The van der Waals surface area contributed by atoms with Gasteiger partial charge in [0.05, 0.1) is 25.0 Å². The number of hydrogen-bond donors (Lipinski definition) is 1. The lowest BCUT2D eigenvalue weighted by atomic mass is 9.95. The average molecular weight is 681 g/mol. The second-order valence-electron chi connectivity index (χ2n) is 14.4. The topological polar surface area (TPSA) is 88.3 Å². The Morgan fingerprint density at radius 3 is 1.38 bits per heavy atom. The first-order chi connectivity index (χ1) is 23.5. The van der Waals surface area contributed by atoms with Crippen molar-refractivity contribution in [3.63, 3.8) is 0 Å². The fourth-order valence-corrected chi connectivity index (χ4v) is 6.79. The van der Waals surface area contributed by atoms with Crippen molar-refractivity contribution in [2.75, 3.05) is 78.7 Å². The largest absolute Gasteiger partial charge is 0.465 e. The lowest BCUT2D eigenvalue weighted by molar-refractivity contribution is -0.150. The Labute approximate surface area is 297 Å². The van der Waals surface area contributed by atoms with Crippen molar-refractivity contribution >= 4 is 11.9 Å². The summed E-state index contributed by atoms with van der Waals surface area (Å²) in [5.41, 5.74) is 5.77. The molecule has 1 rings (SSSR count). The minimum Gasteiger partial charge on any atom is -0.465 e. The number of esters is 2. The van der Waals surface area contributed by atoms with Crippen molar-refractivity contribution in [1.82, 2.24) is 14.7 Å². The molecule has 2 unspecified atom stereocenters. The van der Waals surface area contributed by atoms with Gasteiger partial charge in [-0.25, -0.2) is 0 Å². The van der Waals surface area contributed by atoms with Gasteiger partial charge in [-0.2, -0.15) is 0 Å². The molecule has 0 amide bonds. The quantitative estimate of drug-likeness (QED) is 0.0550. The minimum atomic E-state index is 0.0259. The van der Waals surface area contributed by atoms with Crippen LogP contribution in [0.25, 0.3) is 0 Å². The van der Waals surface area contributed by atoms with Crippen molar-refractivity contribution in [1.29, 1.82) is 0 Å². The minimum absolute atomic E-state index is 0.0259. The molecule has 8 nitrogen and oxygen atoms in total. The second kappa shape index (κ2) is 31.7.